The largest absolute Gasteiger partial charge is 0.481 e. The first-order chi connectivity index (χ1) is 8.97. The van der Waals surface area contributed by atoms with E-state index in [1.165, 1.54) is 12.1 Å². The van der Waals surface area contributed by atoms with Crippen molar-refractivity contribution in [3.05, 3.63) is 44.9 Å². The number of halogens is 1. The van der Waals surface area contributed by atoms with Crippen LogP contribution < -0.4 is 5.32 Å². The highest BCUT2D eigenvalue weighted by molar-refractivity contribution is 9.10. The standard InChI is InChI=1S/C12H11BrN2O4/c13-10-6-9(15(18)19)3-4-11(10)14-8-2-1-7(5-8)12(16)17/h1-4,6-8,14H,5H2,(H,16,17). The van der Waals surface area contributed by atoms with Crippen molar-refractivity contribution in [2.24, 2.45) is 5.92 Å². The topological polar surface area (TPSA) is 92.5 Å². The molecule has 1 aliphatic carbocycles. The first kappa shape index (κ1) is 13.5. The van der Waals surface area contributed by atoms with Crippen molar-refractivity contribution in [2.75, 3.05) is 5.32 Å². The van der Waals surface area contributed by atoms with Gasteiger partial charge in [-0.05, 0) is 28.4 Å². The molecule has 0 bridgehead atoms. The van der Waals surface area contributed by atoms with Crippen LogP contribution in [0, 0.1) is 16.0 Å². The fourth-order valence-electron chi connectivity index (χ4n) is 1.92. The molecule has 6 nitrogen and oxygen atoms in total. The highest BCUT2D eigenvalue weighted by Crippen LogP contribution is 2.29. The van der Waals surface area contributed by atoms with E-state index in [1.807, 2.05) is 0 Å². The van der Waals surface area contributed by atoms with Gasteiger partial charge in [-0.3, -0.25) is 14.9 Å². The summed E-state index contributed by atoms with van der Waals surface area (Å²) in [7, 11) is 0. The fraction of sp³-hybridized carbons (Fsp3) is 0.250. The van der Waals surface area contributed by atoms with Gasteiger partial charge >= 0.3 is 5.97 Å². The van der Waals surface area contributed by atoms with Crippen LogP contribution in [0.25, 0.3) is 0 Å². The lowest BCUT2D eigenvalue weighted by Crippen LogP contribution is -2.18. The summed E-state index contributed by atoms with van der Waals surface area (Å²) in [6.45, 7) is 0. The van der Waals surface area contributed by atoms with Gasteiger partial charge in [-0.2, -0.15) is 0 Å². The summed E-state index contributed by atoms with van der Waals surface area (Å²) in [5, 5.41) is 22.6. The molecule has 0 heterocycles. The molecule has 2 N–H and O–H groups in total. The Morgan fingerprint density at radius 3 is 2.74 bits per heavy atom. The number of non-ortho nitro benzene ring substituents is 1. The summed E-state index contributed by atoms with van der Waals surface area (Å²) in [5.41, 5.74) is 0.703. The molecule has 0 amide bonds. The van der Waals surface area contributed by atoms with Crippen molar-refractivity contribution in [1.82, 2.24) is 0 Å². The Morgan fingerprint density at radius 1 is 1.47 bits per heavy atom. The minimum atomic E-state index is -0.844. The highest BCUT2D eigenvalue weighted by Gasteiger charge is 2.24. The Hall–Kier alpha value is -1.89. The molecule has 0 aromatic heterocycles. The van der Waals surface area contributed by atoms with E-state index in [9.17, 15) is 14.9 Å². The molecule has 1 aromatic rings. The van der Waals surface area contributed by atoms with E-state index in [0.717, 1.165) is 0 Å². The van der Waals surface area contributed by atoms with Crippen LogP contribution in [-0.4, -0.2) is 22.0 Å². The highest BCUT2D eigenvalue weighted by atomic mass is 79.9. The lowest BCUT2D eigenvalue weighted by atomic mass is 10.1. The molecular formula is C12H11BrN2O4. The van der Waals surface area contributed by atoms with E-state index in [1.54, 1.807) is 18.2 Å². The van der Waals surface area contributed by atoms with Crippen LogP contribution in [0.2, 0.25) is 0 Å². The van der Waals surface area contributed by atoms with Gasteiger partial charge in [0, 0.05) is 28.3 Å². The maximum Gasteiger partial charge on any atom is 0.310 e. The SMILES string of the molecule is O=C(O)C1C=CC(Nc2ccc([N+](=O)[O-])cc2Br)C1. The number of nitro benzene ring substituents is 1. The Morgan fingerprint density at radius 2 is 2.21 bits per heavy atom. The molecule has 1 aliphatic rings. The molecule has 0 saturated carbocycles. The number of hydrogen-bond donors (Lipinski definition) is 2. The molecular weight excluding hydrogens is 316 g/mol. The van der Waals surface area contributed by atoms with Crippen molar-refractivity contribution < 1.29 is 14.8 Å². The number of carboxylic acid groups (broad SMARTS) is 1. The molecule has 7 heteroatoms. The smallest absolute Gasteiger partial charge is 0.310 e. The minimum Gasteiger partial charge on any atom is -0.481 e. The molecule has 0 aliphatic heterocycles. The van der Waals surface area contributed by atoms with Crippen LogP contribution in [0.4, 0.5) is 11.4 Å². The molecule has 0 saturated heterocycles. The van der Waals surface area contributed by atoms with Crippen LogP contribution in [0.5, 0.6) is 0 Å². The zero-order valence-corrected chi connectivity index (χ0v) is 11.3. The molecule has 0 fully saturated rings. The second-order valence-electron chi connectivity index (χ2n) is 4.24. The molecule has 2 unspecified atom stereocenters. The molecule has 0 spiro atoms. The zero-order chi connectivity index (χ0) is 14.0. The van der Waals surface area contributed by atoms with Crippen molar-refractivity contribution >= 4 is 33.3 Å². The van der Waals surface area contributed by atoms with Gasteiger partial charge in [0.1, 0.15) is 0 Å². The van der Waals surface area contributed by atoms with Gasteiger partial charge in [-0.1, -0.05) is 12.2 Å². The molecule has 2 rings (SSSR count). The molecule has 2 atom stereocenters. The van der Waals surface area contributed by atoms with Crippen molar-refractivity contribution in [1.29, 1.82) is 0 Å². The van der Waals surface area contributed by atoms with E-state index in [-0.39, 0.29) is 11.7 Å². The first-order valence-corrected chi connectivity index (χ1v) is 6.38. The van der Waals surface area contributed by atoms with Gasteiger partial charge in [-0.15, -0.1) is 0 Å². The quantitative estimate of drug-likeness (QED) is 0.504. The van der Waals surface area contributed by atoms with Crippen LogP contribution in [-0.2, 0) is 4.79 Å². The van der Waals surface area contributed by atoms with Gasteiger partial charge < -0.3 is 10.4 Å². The fourth-order valence-corrected chi connectivity index (χ4v) is 2.40. The van der Waals surface area contributed by atoms with Crippen molar-refractivity contribution in [3.63, 3.8) is 0 Å². The van der Waals surface area contributed by atoms with Crippen LogP contribution in [0.1, 0.15) is 6.42 Å². The van der Waals surface area contributed by atoms with Crippen LogP contribution >= 0.6 is 15.9 Å². The monoisotopic (exact) mass is 326 g/mol. The molecule has 1 aromatic carbocycles. The number of nitrogens with one attached hydrogen (secondary N) is 1. The number of carboxylic acids is 1. The predicted molar refractivity (Wildman–Crippen MR) is 73.1 cm³/mol. The molecule has 100 valence electrons. The molecule has 19 heavy (non-hydrogen) atoms. The van der Waals surface area contributed by atoms with Crippen molar-refractivity contribution in [2.45, 2.75) is 12.5 Å². The normalized spacial score (nSPS) is 21.3. The summed E-state index contributed by atoms with van der Waals surface area (Å²) >= 11 is 3.26. The van der Waals surface area contributed by atoms with Gasteiger partial charge in [0.05, 0.1) is 10.8 Å². The van der Waals surface area contributed by atoms with Crippen LogP contribution in [0.3, 0.4) is 0 Å². The van der Waals surface area contributed by atoms with Gasteiger partial charge in [0.2, 0.25) is 0 Å². The average molecular weight is 327 g/mol. The number of hydrogen-bond acceptors (Lipinski definition) is 4. The van der Waals surface area contributed by atoms with E-state index in [2.05, 4.69) is 21.2 Å². The third-order valence-corrected chi connectivity index (χ3v) is 3.56. The van der Waals surface area contributed by atoms with E-state index >= 15 is 0 Å². The lowest BCUT2D eigenvalue weighted by molar-refractivity contribution is -0.384. The van der Waals surface area contributed by atoms with E-state index in [0.29, 0.717) is 16.6 Å². The minimum absolute atomic E-state index is 0.00259. The average Bonchev–Trinajstić information content (AvgIpc) is 2.80. The number of rotatable bonds is 4. The second kappa shape index (κ2) is 5.40. The molecule has 0 radical (unpaired) electrons. The Kier molecular flexibility index (Phi) is 3.84. The summed E-state index contributed by atoms with van der Waals surface area (Å²) < 4.78 is 0.578. The summed E-state index contributed by atoms with van der Waals surface area (Å²) in [6.07, 6.45) is 3.92. The number of nitrogens with zero attached hydrogens (tertiary/aromatic N) is 1. The number of aliphatic carboxylic acids is 1. The Labute approximate surface area is 117 Å². The third kappa shape index (κ3) is 3.11. The summed E-state index contributed by atoms with van der Waals surface area (Å²) in [4.78, 5) is 21.0. The summed E-state index contributed by atoms with van der Waals surface area (Å²) in [5.74, 6) is -1.32. The van der Waals surface area contributed by atoms with Gasteiger partial charge in [-0.25, -0.2) is 0 Å². The van der Waals surface area contributed by atoms with Crippen molar-refractivity contribution in [3.8, 4) is 0 Å². The Balaban J connectivity index is 2.07. The predicted octanol–water partition coefficient (Wildman–Crippen LogP) is 2.80. The second-order valence-corrected chi connectivity index (χ2v) is 5.09. The number of carbonyl (C=O) groups is 1. The third-order valence-electron chi connectivity index (χ3n) is 2.91. The number of benzene rings is 1. The maximum atomic E-state index is 10.8. The maximum absolute atomic E-state index is 10.8. The van der Waals surface area contributed by atoms with E-state index < -0.39 is 16.8 Å². The summed E-state index contributed by atoms with van der Waals surface area (Å²) in [6, 6.07) is 4.33. The van der Waals surface area contributed by atoms with E-state index in [4.69, 9.17) is 5.11 Å². The van der Waals surface area contributed by atoms with Gasteiger partial charge in [0.15, 0.2) is 0 Å². The van der Waals surface area contributed by atoms with Gasteiger partial charge in [0.25, 0.3) is 5.69 Å². The lowest BCUT2D eigenvalue weighted by Gasteiger charge is -2.14. The Bertz CT molecular complexity index is 559. The number of nitro groups is 1. The van der Waals surface area contributed by atoms with Crippen LogP contribution in [0.15, 0.2) is 34.8 Å². The zero-order valence-electron chi connectivity index (χ0n) is 9.75. The number of anilines is 1. The first-order valence-electron chi connectivity index (χ1n) is 5.59.